The van der Waals surface area contributed by atoms with Gasteiger partial charge in [0.1, 0.15) is 11.9 Å². The molecule has 0 amide bonds. The van der Waals surface area contributed by atoms with Gasteiger partial charge in [-0.15, -0.1) is 0 Å². The highest BCUT2D eigenvalue weighted by Gasteiger charge is 2.30. The van der Waals surface area contributed by atoms with Crippen LogP contribution in [0.15, 0.2) is 49.2 Å². The summed E-state index contributed by atoms with van der Waals surface area (Å²) < 4.78 is 6.40. The Labute approximate surface area is 135 Å². The first-order chi connectivity index (χ1) is 11.1. The molecule has 118 valence electrons. The summed E-state index contributed by atoms with van der Waals surface area (Å²) in [6, 6.07) is 6.41. The lowest BCUT2D eigenvalue weighted by molar-refractivity contribution is -0.647. The van der Waals surface area contributed by atoms with E-state index in [9.17, 15) is 0 Å². The number of fused-ring (bicyclic) bond motifs is 1. The lowest BCUT2D eigenvalue weighted by Crippen LogP contribution is -2.43. The Morgan fingerprint density at radius 2 is 2.00 bits per heavy atom. The molecule has 0 bridgehead atoms. The summed E-state index contributed by atoms with van der Waals surface area (Å²) in [5.74, 6) is 2.11. The molecule has 1 aliphatic rings. The van der Waals surface area contributed by atoms with Gasteiger partial charge in [0.05, 0.1) is 7.05 Å². The number of pyridine rings is 1. The zero-order chi connectivity index (χ0) is 16.1. The summed E-state index contributed by atoms with van der Waals surface area (Å²) in [5.41, 5.74) is 2.30. The van der Waals surface area contributed by atoms with E-state index in [2.05, 4.69) is 88.8 Å². The van der Waals surface area contributed by atoms with Gasteiger partial charge in [0.15, 0.2) is 11.9 Å². The SMILES string of the molecule is C[C@H]1N(C)C=CN1c1cccc(-c2cn3ccnc3n2C)[n+]1C. The number of rotatable bonds is 2. The van der Waals surface area contributed by atoms with Crippen LogP contribution < -0.4 is 9.47 Å². The Morgan fingerprint density at radius 1 is 1.17 bits per heavy atom. The topological polar surface area (TPSA) is 32.6 Å². The van der Waals surface area contributed by atoms with Crippen LogP contribution in [0.2, 0.25) is 0 Å². The van der Waals surface area contributed by atoms with E-state index in [-0.39, 0.29) is 0 Å². The number of aryl methyl sites for hydroxylation is 1. The Morgan fingerprint density at radius 3 is 2.70 bits per heavy atom. The molecule has 0 radical (unpaired) electrons. The van der Waals surface area contributed by atoms with Crippen molar-refractivity contribution < 1.29 is 4.57 Å². The smallest absolute Gasteiger partial charge is 0.283 e. The molecule has 4 rings (SSSR count). The number of aromatic nitrogens is 4. The molecule has 0 unspecified atom stereocenters. The molecule has 23 heavy (non-hydrogen) atoms. The maximum Gasteiger partial charge on any atom is 0.283 e. The molecule has 0 aliphatic carbocycles. The maximum absolute atomic E-state index is 4.40. The van der Waals surface area contributed by atoms with Crippen molar-refractivity contribution in [2.75, 3.05) is 11.9 Å². The van der Waals surface area contributed by atoms with Gasteiger partial charge >= 0.3 is 0 Å². The van der Waals surface area contributed by atoms with Gasteiger partial charge in [-0.1, -0.05) is 0 Å². The van der Waals surface area contributed by atoms with Gasteiger partial charge in [-0.05, 0) is 19.1 Å². The highest BCUT2D eigenvalue weighted by atomic mass is 15.4. The average molecular weight is 309 g/mol. The summed E-state index contributed by atoms with van der Waals surface area (Å²) >= 11 is 0. The van der Waals surface area contributed by atoms with Crippen LogP contribution in [0.5, 0.6) is 0 Å². The van der Waals surface area contributed by atoms with E-state index in [1.165, 1.54) is 0 Å². The van der Waals surface area contributed by atoms with E-state index in [1.807, 2.05) is 16.8 Å². The summed E-state index contributed by atoms with van der Waals surface area (Å²) in [7, 11) is 6.26. The van der Waals surface area contributed by atoms with E-state index in [0.717, 1.165) is 23.0 Å². The molecule has 6 nitrogen and oxygen atoms in total. The van der Waals surface area contributed by atoms with Crippen molar-refractivity contribution in [1.82, 2.24) is 18.9 Å². The number of anilines is 1. The minimum atomic E-state index is 0.308. The first-order valence-corrected chi connectivity index (χ1v) is 7.74. The predicted molar refractivity (Wildman–Crippen MR) is 89.6 cm³/mol. The molecule has 1 atom stereocenters. The number of imidazole rings is 2. The van der Waals surface area contributed by atoms with Crippen LogP contribution in [-0.2, 0) is 14.1 Å². The normalized spacial score (nSPS) is 17.7. The molecule has 0 spiro atoms. The summed E-state index contributed by atoms with van der Waals surface area (Å²) in [5, 5.41) is 0. The van der Waals surface area contributed by atoms with E-state index in [0.29, 0.717) is 6.17 Å². The number of hydrogen-bond donors (Lipinski definition) is 0. The predicted octanol–water partition coefficient (Wildman–Crippen LogP) is 1.73. The fourth-order valence-electron chi connectivity index (χ4n) is 3.21. The zero-order valence-corrected chi connectivity index (χ0v) is 13.9. The van der Waals surface area contributed by atoms with Crippen molar-refractivity contribution in [3.05, 3.63) is 49.2 Å². The molecule has 6 heteroatoms. The van der Waals surface area contributed by atoms with Gasteiger partial charge in [0, 0.05) is 45.0 Å². The minimum Gasteiger partial charge on any atom is -0.339 e. The lowest BCUT2D eigenvalue weighted by Gasteiger charge is -2.21. The van der Waals surface area contributed by atoms with Crippen LogP contribution in [0, 0.1) is 0 Å². The van der Waals surface area contributed by atoms with Gasteiger partial charge in [0.2, 0.25) is 5.78 Å². The van der Waals surface area contributed by atoms with E-state index in [4.69, 9.17) is 0 Å². The van der Waals surface area contributed by atoms with E-state index >= 15 is 0 Å². The zero-order valence-electron chi connectivity index (χ0n) is 13.9. The van der Waals surface area contributed by atoms with Crippen LogP contribution >= 0.6 is 0 Å². The third-order valence-corrected chi connectivity index (χ3v) is 4.76. The van der Waals surface area contributed by atoms with E-state index in [1.54, 1.807) is 0 Å². The fraction of sp³-hybridized carbons (Fsp3) is 0.294. The van der Waals surface area contributed by atoms with Crippen LogP contribution in [0.4, 0.5) is 5.82 Å². The first-order valence-electron chi connectivity index (χ1n) is 7.74. The van der Waals surface area contributed by atoms with Gasteiger partial charge < -0.3 is 9.47 Å². The second kappa shape index (κ2) is 4.87. The average Bonchev–Trinajstić information content (AvgIpc) is 3.20. The van der Waals surface area contributed by atoms with E-state index < -0.39 is 0 Å². The number of hydrogen-bond acceptors (Lipinski definition) is 3. The minimum absolute atomic E-state index is 0.308. The maximum atomic E-state index is 4.40. The third kappa shape index (κ3) is 1.94. The number of nitrogens with zero attached hydrogens (tertiary/aromatic N) is 6. The van der Waals surface area contributed by atoms with Crippen LogP contribution in [0.3, 0.4) is 0 Å². The van der Waals surface area contributed by atoms with Gasteiger partial charge in [-0.25, -0.2) is 14.5 Å². The Hall–Kier alpha value is -2.76. The van der Waals surface area contributed by atoms with Gasteiger partial charge in [-0.2, -0.15) is 0 Å². The van der Waals surface area contributed by atoms with Crippen molar-refractivity contribution in [1.29, 1.82) is 0 Å². The standard InChI is InChI=1S/C17H21N6/c1-13-19(2)10-11-23(13)16-7-5-6-14(20(16)3)15-12-22-9-8-18-17(22)21(15)4/h5-13H,1-4H3/q+1/t13-/m0/s1. The molecule has 0 N–H and O–H groups in total. The molecule has 1 aliphatic heterocycles. The Kier molecular flexibility index (Phi) is 2.94. The summed E-state index contributed by atoms with van der Waals surface area (Å²) in [6.45, 7) is 2.20. The molecule has 0 saturated heterocycles. The molecule has 4 heterocycles. The first kappa shape index (κ1) is 13.9. The van der Waals surface area contributed by atoms with Crippen LogP contribution in [0.25, 0.3) is 17.2 Å². The molecule has 0 fully saturated rings. The monoisotopic (exact) mass is 309 g/mol. The summed E-state index contributed by atoms with van der Waals surface area (Å²) in [6.07, 6.45) is 10.5. The molecule has 3 aromatic heterocycles. The molecule has 3 aromatic rings. The Balaban J connectivity index is 1.84. The quantitative estimate of drug-likeness (QED) is 0.676. The molecule has 0 saturated carbocycles. The van der Waals surface area contributed by atoms with Crippen molar-refractivity contribution in [2.24, 2.45) is 14.1 Å². The third-order valence-electron chi connectivity index (χ3n) is 4.76. The fourth-order valence-corrected chi connectivity index (χ4v) is 3.21. The lowest BCUT2D eigenvalue weighted by atomic mass is 10.2. The Bertz CT molecular complexity index is 903. The second-order valence-corrected chi connectivity index (χ2v) is 6.04. The largest absolute Gasteiger partial charge is 0.339 e. The molecule has 0 aromatic carbocycles. The van der Waals surface area contributed by atoms with Crippen molar-refractivity contribution >= 4 is 11.6 Å². The van der Waals surface area contributed by atoms with Crippen molar-refractivity contribution in [3.63, 3.8) is 0 Å². The van der Waals surface area contributed by atoms with Crippen molar-refractivity contribution in [2.45, 2.75) is 13.1 Å². The van der Waals surface area contributed by atoms with Gasteiger partial charge in [-0.3, -0.25) is 4.40 Å². The highest BCUT2D eigenvalue weighted by molar-refractivity contribution is 5.57. The van der Waals surface area contributed by atoms with Crippen LogP contribution in [-0.4, -0.2) is 32.1 Å². The molecular formula is C17H21N6+. The van der Waals surface area contributed by atoms with Crippen molar-refractivity contribution in [3.8, 4) is 11.4 Å². The second-order valence-electron chi connectivity index (χ2n) is 6.04. The highest BCUT2D eigenvalue weighted by Crippen LogP contribution is 2.24. The molecular weight excluding hydrogens is 288 g/mol. The van der Waals surface area contributed by atoms with Gasteiger partial charge in [0.25, 0.3) is 5.82 Å². The summed E-state index contributed by atoms with van der Waals surface area (Å²) in [4.78, 5) is 8.88. The van der Waals surface area contributed by atoms with Crippen LogP contribution in [0.1, 0.15) is 6.92 Å².